The van der Waals surface area contributed by atoms with Crippen LogP contribution >= 0.6 is 11.6 Å². The second kappa shape index (κ2) is 9.84. The van der Waals surface area contributed by atoms with Gasteiger partial charge in [-0.15, -0.1) is 0 Å². The number of hydrogen-bond acceptors (Lipinski definition) is 4. The molecule has 23 heavy (non-hydrogen) atoms. The molecule has 0 aliphatic rings. The molecule has 6 nitrogen and oxygen atoms in total. The summed E-state index contributed by atoms with van der Waals surface area (Å²) in [5.41, 5.74) is 0.388. The molecule has 0 aromatic heterocycles. The highest BCUT2D eigenvalue weighted by Gasteiger charge is 2.19. The fourth-order valence-electron chi connectivity index (χ4n) is 1.98. The molecule has 0 saturated carbocycles. The monoisotopic (exact) mass is 340 g/mol. The van der Waals surface area contributed by atoms with Crippen LogP contribution in [0.1, 0.15) is 30.1 Å². The molecule has 2 amide bonds. The molecule has 0 heterocycles. The molecule has 126 valence electrons. The highest BCUT2D eigenvalue weighted by molar-refractivity contribution is 6.33. The highest BCUT2D eigenvalue weighted by Crippen LogP contribution is 2.17. The van der Waals surface area contributed by atoms with Gasteiger partial charge in [0.15, 0.2) is 0 Å². The van der Waals surface area contributed by atoms with Gasteiger partial charge in [-0.25, -0.2) is 0 Å². The van der Waals surface area contributed by atoms with E-state index in [1.807, 2.05) is 0 Å². The number of ether oxygens (including phenoxy) is 1. The summed E-state index contributed by atoms with van der Waals surface area (Å²) in [6.45, 7) is 2.53. The van der Waals surface area contributed by atoms with Crippen molar-refractivity contribution in [2.24, 2.45) is 0 Å². The van der Waals surface area contributed by atoms with Crippen LogP contribution < -0.4 is 5.32 Å². The fourth-order valence-corrected chi connectivity index (χ4v) is 2.20. The molecule has 1 N–H and O–H groups in total. The molecule has 1 rings (SSSR count). The lowest BCUT2D eigenvalue weighted by Crippen LogP contribution is -2.36. The number of methoxy groups -OCH3 is 1. The van der Waals surface area contributed by atoms with E-state index in [1.165, 1.54) is 14.0 Å². The predicted octanol–water partition coefficient (Wildman–Crippen LogP) is 1.87. The van der Waals surface area contributed by atoms with Crippen molar-refractivity contribution in [1.29, 1.82) is 0 Å². The van der Waals surface area contributed by atoms with Crippen molar-refractivity contribution in [3.8, 4) is 0 Å². The minimum atomic E-state index is -0.385. The van der Waals surface area contributed by atoms with E-state index in [2.05, 4.69) is 10.1 Å². The average molecular weight is 341 g/mol. The molecule has 0 atom stereocenters. The maximum absolute atomic E-state index is 12.6. The first-order chi connectivity index (χ1) is 11.0. The second-order valence-corrected chi connectivity index (χ2v) is 5.34. The van der Waals surface area contributed by atoms with Gasteiger partial charge in [-0.05, 0) is 18.6 Å². The van der Waals surface area contributed by atoms with E-state index in [0.29, 0.717) is 30.1 Å². The van der Waals surface area contributed by atoms with Crippen molar-refractivity contribution in [3.63, 3.8) is 0 Å². The van der Waals surface area contributed by atoms with Gasteiger partial charge in [-0.2, -0.15) is 0 Å². The van der Waals surface area contributed by atoms with Gasteiger partial charge in [0.25, 0.3) is 5.91 Å². The van der Waals surface area contributed by atoms with Gasteiger partial charge in [0, 0.05) is 26.6 Å². The maximum Gasteiger partial charge on any atom is 0.307 e. The van der Waals surface area contributed by atoms with Crippen LogP contribution in [0.5, 0.6) is 0 Å². The van der Waals surface area contributed by atoms with Gasteiger partial charge in [0.05, 0.1) is 24.1 Å². The Balaban J connectivity index is 2.72. The number of rotatable bonds is 8. The van der Waals surface area contributed by atoms with Crippen LogP contribution in [0.4, 0.5) is 0 Å². The van der Waals surface area contributed by atoms with Crippen molar-refractivity contribution >= 4 is 29.4 Å². The van der Waals surface area contributed by atoms with E-state index >= 15 is 0 Å². The molecule has 0 aliphatic heterocycles. The third-order valence-electron chi connectivity index (χ3n) is 3.18. The summed E-state index contributed by atoms with van der Waals surface area (Å²) in [4.78, 5) is 36.3. The molecule has 0 bridgehead atoms. The van der Waals surface area contributed by atoms with Gasteiger partial charge in [0.2, 0.25) is 5.91 Å². The Morgan fingerprint density at radius 2 is 1.91 bits per heavy atom. The third-order valence-corrected chi connectivity index (χ3v) is 3.51. The molecule has 1 aromatic rings. The first-order valence-electron chi connectivity index (χ1n) is 7.30. The Bertz CT molecular complexity index is 563. The summed E-state index contributed by atoms with van der Waals surface area (Å²) in [5, 5.41) is 3.04. The first-order valence-corrected chi connectivity index (χ1v) is 7.68. The lowest BCUT2D eigenvalue weighted by atomic mass is 10.2. The largest absolute Gasteiger partial charge is 0.469 e. The second-order valence-electron chi connectivity index (χ2n) is 4.93. The zero-order chi connectivity index (χ0) is 17.2. The molecular formula is C16H21ClN2O4. The van der Waals surface area contributed by atoms with Gasteiger partial charge < -0.3 is 15.0 Å². The molecular weight excluding hydrogens is 320 g/mol. The normalized spacial score (nSPS) is 10.0. The molecule has 0 saturated heterocycles. The van der Waals surface area contributed by atoms with E-state index in [4.69, 9.17) is 11.6 Å². The van der Waals surface area contributed by atoms with Gasteiger partial charge in [-0.3, -0.25) is 14.4 Å². The van der Waals surface area contributed by atoms with Crippen LogP contribution in [0.3, 0.4) is 0 Å². The smallest absolute Gasteiger partial charge is 0.307 e. The topological polar surface area (TPSA) is 75.7 Å². The number of esters is 1. The number of amides is 2. The average Bonchev–Trinajstić information content (AvgIpc) is 2.53. The lowest BCUT2D eigenvalue weighted by molar-refractivity contribution is -0.140. The standard InChI is InChI=1S/C16H21ClN2O4/c1-12(20)18-9-5-10-19(11-8-15(21)23-2)16(22)13-6-3-4-7-14(13)17/h3-4,6-7H,5,8-11H2,1-2H3,(H,18,20). The summed E-state index contributed by atoms with van der Waals surface area (Å²) >= 11 is 6.06. The van der Waals surface area contributed by atoms with Crippen LogP contribution in [0.15, 0.2) is 24.3 Å². The van der Waals surface area contributed by atoms with Gasteiger partial charge >= 0.3 is 5.97 Å². The third kappa shape index (κ3) is 6.69. The van der Waals surface area contributed by atoms with Gasteiger partial charge in [0.1, 0.15) is 0 Å². The van der Waals surface area contributed by atoms with Crippen molar-refractivity contribution in [3.05, 3.63) is 34.9 Å². The molecule has 0 aliphatic carbocycles. The number of nitrogens with zero attached hydrogens (tertiary/aromatic N) is 1. The van der Waals surface area contributed by atoms with Crippen molar-refractivity contribution in [2.45, 2.75) is 19.8 Å². The molecule has 0 spiro atoms. The molecule has 0 radical (unpaired) electrons. The number of carbonyl (C=O) groups excluding carboxylic acids is 3. The van der Waals surface area contributed by atoms with E-state index in [0.717, 1.165) is 0 Å². The zero-order valence-corrected chi connectivity index (χ0v) is 14.1. The summed E-state index contributed by atoms with van der Waals surface area (Å²) in [7, 11) is 1.30. The highest BCUT2D eigenvalue weighted by atomic mass is 35.5. The van der Waals surface area contributed by atoms with Crippen molar-refractivity contribution in [1.82, 2.24) is 10.2 Å². The Kier molecular flexibility index (Phi) is 8.11. The Labute approximate surface area is 140 Å². The summed E-state index contributed by atoms with van der Waals surface area (Å²) in [6, 6.07) is 6.76. The Morgan fingerprint density at radius 1 is 1.22 bits per heavy atom. The van der Waals surface area contributed by atoms with E-state index in [9.17, 15) is 14.4 Å². The minimum Gasteiger partial charge on any atom is -0.469 e. The van der Waals surface area contributed by atoms with Crippen LogP contribution in [0.25, 0.3) is 0 Å². The number of hydrogen-bond donors (Lipinski definition) is 1. The fraction of sp³-hybridized carbons (Fsp3) is 0.438. The number of carbonyl (C=O) groups is 3. The van der Waals surface area contributed by atoms with Crippen LogP contribution in [0.2, 0.25) is 5.02 Å². The van der Waals surface area contributed by atoms with Crippen LogP contribution in [-0.2, 0) is 14.3 Å². The predicted molar refractivity (Wildman–Crippen MR) is 87.3 cm³/mol. The summed E-state index contributed by atoms with van der Waals surface area (Å²) in [5.74, 6) is -0.755. The molecule has 0 fully saturated rings. The summed E-state index contributed by atoms with van der Waals surface area (Å²) in [6.07, 6.45) is 0.684. The SMILES string of the molecule is COC(=O)CCN(CCCNC(C)=O)C(=O)c1ccccc1Cl. The van der Waals surface area contributed by atoms with Crippen LogP contribution in [0, 0.1) is 0 Å². The maximum atomic E-state index is 12.6. The first kappa shape index (κ1) is 19.0. The Morgan fingerprint density at radius 3 is 2.52 bits per heavy atom. The van der Waals surface area contributed by atoms with Gasteiger partial charge in [-0.1, -0.05) is 23.7 Å². The minimum absolute atomic E-state index is 0.104. The number of nitrogens with one attached hydrogen (secondary N) is 1. The summed E-state index contributed by atoms with van der Waals surface area (Å²) < 4.78 is 4.61. The van der Waals surface area contributed by atoms with E-state index in [-0.39, 0.29) is 30.7 Å². The van der Waals surface area contributed by atoms with Crippen molar-refractivity contribution in [2.75, 3.05) is 26.7 Å². The molecule has 7 heteroatoms. The van der Waals surface area contributed by atoms with E-state index in [1.54, 1.807) is 29.2 Å². The van der Waals surface area contributed by atoms with E-state index < -0.39 is 0 Å². The van der Waals surface area contributed by atoms with Crippen LogP contribution in [-0.4, -0.2) is 49.4 Å². The lowest BCUT2D eigenvalue weighted by Gasteiger charge is -2.23. The quantitative estimate of drug-likeness (QED) is 0.579. The number of halogens is 1. The molecule has 0 unspecified atom stereocenters. The number of benzene rings is 1. The Hall–Kier alpha value is -2.08. The zero-order valence-electron chi connectivity index (χ0n) is 13.3. The van der Waals surface area contributed by atoms with Crippen molar-refractivity contribution < 1.29 is 19.1 Å². The molecule has 1 aromatic carbocycles.